The van der Waals surface area contributed by atoms with Crippen LogP contribution in [0, 0.1) is 6.92 Å². The molecular weight excluding hydrogens is 318 g/mol. The lowest BCUT2D eigenvalue weighted by molar-refractivity contribution is 0.0952. The summed E-state index contributed by atoms with van der Waals surface area (Å²) >= 11 is 0. The smallest absolute Gasteiger partial charge is 0.314 e. The molecule has 1 aromatic carbocycles. The van der Waals surface area contributed by atoms with Gasteiger partial charge in [0.05, 0.1) is 6.26 Å². The number of rotatable bonds is 1. The zero-order valence-corrected chi connectivity index (χ0v) is 14.2. The van der Waals surface area contributed by atoms with Gasteiger partial charge in [0.25, 0.3) is 5.91 Å². The van der Waals surface area contributed by atoms with Crippen LogP contribution < -0.4 is 10.6 Å². The second kappa shape index (κ2) is 5.65. The molecule has 3 heterocycles. The van der Waals surface area contributed by atoms with Crippen LogP contribution in [0.15, 0.2) is 41.0 Å². The van der Waals surface area contributed by atoms with E-state index in [-0.39, 0.29) is 17.4 Å². The Labute approximate surface area is 146 Å². The molecular formula is C19H21N3O3. The van der Waals surface area contributed by atoms with Crippen LogP contribution in [0.1, 0.15) is 34.5 Å². The van der Waals surface area contributed by atoms with Gasteiger partial charge in [-0.2, -0.15) is 0 Å². The van der Waals surface area contributed by atoms with E-state index in [0.717, 1.165) is 18.5 Å². The minimum atomic E-state index is -0.374. The van der Waals surface area contributed by atoms with Gasteiger partial charge in [-0.15, -0.1) is 0 Å². The van der Waals surface area contributed by atoms with Gasteiger partial charge in [-0.1, -0.05) is 17.7 Å². The van der Waals surface area contributed by atoms with Crippen molar-refractivity contribution in [2.45, 2.75) is 25.2 Å². The van der Waals surface area contributed by atoms with E-state index in [1.165, 1.54) is 17.4 Å². The molecule has 0 saturated carbocycles. The van der Waals surface area contributed by atoms with Crippen molar-refractivity contribution in [3.63, 3.8) is 0 Å². The highest BCUT2D eigenvalue weighted by Crippen LogP contribution is 2.47. The highest BCUT2D eigenvalue weighted by Gasteiger charge is 2.47. The summed E-state index contributed by atoms with van der Waals surface area (Å²) in [5, 5.41) is 0. The Bertz CT molecular complexity index is 820. The van der Waals surface area contributed by atoms with E-state index in [1.807, 2.05) is 17.0 Å². The van der Waals surface area contributed by atoms with Crippen LogP contribution >= 0.6 is 0 Å². The minimum absolute atomic E-state index is 0.121. The van der Waals surface area contributed by atoms with Crippen LogP contribution in [0.4, 0.5) is 10.5 Å². The number of aryl methyl sites for hydroxylation is 1. The summed E-state index contributed by atoms with van der Waals surface area (Å²) in [6, 6.07) is 9.25. The van der Waals surface area contributed by atoms with Crippen molar-refractivity contribution in [3.8, 4) is 0 Å². The average Bonchev–Trinajstić information content (AvgIpc) is 3.23. The first-order valence-electron chi connectivity index (χ1n) is 8.51. The number of amides is 3. The van der Waals surface area contributed by atoms with Crippen LogP contribution in [-0.4, -0.2) is 36.5 Å². The normalized spacial score (nSPS) is 18.4. The molecule has 25 heavy (non-hydrogen) atoms. The summed E-state index contributed by atoms with van der Waals surface area (Å²) in [6.45, 7) is 3.90. The Morgan fingerprint density at radius 3 is 2.60 bits per heavy atom. The quantitative estimate of drug-likeness (QED) is 0.867. The second-order valence-electron chi connectivity index (χ2n) is 6.99. The highest BCUT2D eigenvalue weighted by atomic mass is 16.3. The molecule has 3 amide bonds. The van der Waals surface area contributed by atoms with Gasteiger partial charge in [-0.05, 0) is 43.5 Å². The van der Waals surface area contributed by atoms with Crippen molar-refractivity contribution in [1.82, 2.24) is 4.90 Å². The third-order valence-corrected chi connectivity index (χ3v) is 5.48. The lowest BCUT2D eigenvalue weighted by Gasteiger charge is -2.39. The first-order valence-corrected chi connectivity index (χ1v) is 8.51. The van der Waals surface area contributed by atoms with E-state index in [9.17, 15) is 9.59 Å². The van der Waals surface area contributed by atoms with Gasteiger partial charge in [-0.25, -0.2) is 4.79 Å². The van der Waals surface area contributed by atoms with Gasteiger partial charge in [0, 0.05) is 30.7 Å². The van der Waals surface area contributed by atoms with Crippen molar-refractivity contribution in [2.75, 3.05) is 24.5 Å². The van der Waals surface area contributed by atoms with Crippen LogP contribution in [0.2, 0.25) is 0 Å². The third-order valence-electron chi connectivity index (χ3n) is 5.48. The van der Waals surface area contributed by atoms with Gasteiger partial charge in [0.1, 0.15) is 0 Å². The molecule has 1 spiro atoms. The molecule has 2 aliphatic heterocycles. The fraction of sp³-hybridized carbons (Fsp3) is 0.368. The molecule has 4 rings (SSSR count). The molecule has 1 aromatic heterocycles. The lowest BCUT2D eigenvalue weighted by Crippen LogP contribution is -2.49. The maximum absolute atomic E-state index is 12.9. The average molecular weight is 339 g/mol. The number of nitrogens with two attached hydrogens (primary N) is 1. The Balaban J connectivity index is 1.70. The molecule has 0 bridgehead atoms. The van der Waals surface area contributed by atoms with Gasteiger partial charge < -0.3 is 20.0 Å². The molecule has 2 aromatic rings. The summed E-state index contributed by atoms with van der Waals surface area (Å²) in [7, 11) is 0. The number of carbonyl (C=O) groups is 2. The molecule has 6 heteroatoms. The van der Waals surface area contributed by atoms with Crippen LogP contribution in [0.25, 0.3) is 0 Å². The Morgan fingerprint density at radius 1 is 1.20 bits per heavy atom. The maximum atomic E-state index is 12.9. The molecule has 130 valence electrons. The number of likely N-dealkylation sites (tertiary alicyclic amines) is 1. The van der Waals surface area contributed by atoms with Gasteiger partial charge in [0.2, 0.25) is 0 Å². The van der Waals surface area contributed by atoms with E-state index in [1.54, 1.807) is 17.0 Å². The molecule has 1 saturated heterocycles. The molecule has 0 aliphatic carbocycles. The zero-order chi connectivity index (χ0) is 17.6. The van der Waals surface area contributed by atoms with E-state index in [4.69, 9.17) is 10.2 Å². The fourth-order valence-corrected chi connectivity index (χ4v) is 4.08. The number of primary amides is 1. The summed E-state index contributed by atoms with van der Waals surface area (Å²) in [4.78, 5) is 27.8. The number of benzene rings is 1. The number of fused-ring (bicyclic) bond motifs is 2. The van der Waals surface area contributed by atoms with Gasteiger partial charge in [0.15, 0.2) is 5.76 Å². The number of carbonyl (C=O) groups excluding carboxylic acids is 2. The van der Waals surface area contributed by atoms with E-state index in [2.05, 4.69) is 13.0 Å². The van der Waals surface area contributed by atoms with E-state index < -0.39 is 0 Å². The number of hydrogen-bond acceptors (Lipinski definition) is 3. The third kappa shape index (κ3) is 2.49. The Kier molecular flexibility index (Phi) is 3.56. The molecule has 2 aliphatic rings. The number of hydrogen-bond donors (Lipinski definition) is 1. The monoisotopic (exact) mass is 339 g/mol. The molecule has 0 unspecified atom stereocenters. The summed E-state index contributed by atoms with van der Waals surface area (Å²) in [5.74, 6) is 0.224. The lowest BCUT2D eigenvalue weighted by atomic mass is 9.74. The molecule has 2 N–H and O–H groups in total. The number of furan rings is 1. The fourth-order valence-electron chi connectivity index (χ4n) is 4.08. The topological polar surface area (TPSA) is 79.8 Å². The first-order chi connectivity index (χ1) is 12.0. The van der Waals surface area contributed by atoms with Crippen LogP contribution in [-0.2, 0) is 5.41 Å². The zero-order valence-electron chi connectivity index (χ0n) is 14.2. The van der Waals surface area contributed by atoms with Gasteiger partial charge in [-0.3, -0.25) is 4.79 Å². The molecule has 0 radical (unpaired) electrons. The van der Waals surface area contributed by atoms with Crippen molar-refractivity contribution >= 4 is 17.6 Å². The van der Waals surface area contributed by atoms with E-state index in [0.29, 0.717) is 25.4 Å². The largest absolute Gasteiger partial charge is 0.459 e. The minimum Gasteiger partial charge on any atom is -0.459 e. The predicted molar refractivity (Wildman–Crippen MR) is 93.6 cm³/mol. The highest BCUT2D eigenvalue weighted by molar-refractivity contribution is 6.06. The summed E-state index contributed by atoms with van der Waals surface area (Å²) in [5.41, 5.74) is 8.60. The van der Waals surface area contributed by atoms with Gasteiger partial charge >= 0.3 is 6.03 Å². The SMILES string of the molecule is Cc1ccc2c(c1)C1(CCN(C(N)=O)CC1)CN2C(=O)c1ccco1. The van der Waals surface area contributed by atoms with E-state index >= 15 is 0 Å². The molecule has 6 nitrogen and oxygen atoms in total. The summed E-state index contributed by atoms with van der Waals surface area (Å²) < 4.78 is 5.31. The van der Waals surface area contributed by atoms with Crippen molar-refractivity contribution in [2.24, 2.45) is 5.73 Å². The molecule has 1 fully saturated rings. The summed E-state index contributed by atoms with van der Waals surface area (Å²) in [6.07, 6.45) is 3.11. The second-order valence-corrected chi connectivity index (χ2v) is 6.99. The first kappa shape index (κ1) is 15.7. The van der Waals surface area contributed by atoms with Crippen LogP contribution in [0.3, 0.4) is 0 Å². The van der Waals surface area contributed by atoms with Crippen LogP contribution in [0.5, 0.6) is 0 Å². The Morgan fingerprint density at radius 2 is 1.96 bits per heavy atom. The maximum Gasteiger partial charge on any atom is 0.314 e. The predicted octanol–water partition coefficient (Wildman–Crippen LogP) is 2.66. The number of anilines is 1. The standard InChI is InChI=1S/C19H21N3O3/c1-13-4-5-15-14(11-13)19(6-8-21(9-7-19)18(20)24)12-22(15)17(23)16-3-2-10-25-16/h2-5,10-11H,6-9,12H2,1H3,(H2,20,24). The Hall–Kier alpha value is -2.76. The number of urea groups is 1. The number of nitrogens with zero attached hydrogens (tertiary/aromatic N) is 2. The van der Waals surface area contributed by atoms with Crippen molar-refractivity contribution in [1.29, 1.82) is 0 Å². The molecule has 0 atom stereocenters. The number of piperidine rings is 1. The van der Waals surface area contributed by atoms with Crippen molar-refractivity contribution in [3.05, 3.63) is 53.5 Å². The van der Waals surface area contributed by atoms with Crippen molar-refractivity contribution < 1.29 is 14.0 Å².